The van der Waals surface area contributed by atoms with Gasteiger partial charge >= 0.3 is 7.82 Å². The Kier molecular flexibility index (Phi) is 9.52. The number of ether oxygens (including phenoxy) is 1. The molecular formula is C16H26N5O5P. The van der Waals surface area contributed by atoms with E-state index >= 15 is 0 Å². The molecule has 150 valence electrons. The minimum atomic E-state index is -4.64. The molecule has 0 amide bonds. The summed E-state index contributed by atoms with van der Waals surface area (Å²) in [6, 6.07) is 5.86. The summed E-state index contributed by atoms with van der Waals surface area (Å²) in [5.41, 5.74) is 10.5. The van der Waals surface area contributed by atoms with Crippen molar-refractivity contribution < 1.29 is 24.0 Å². The van der Waals surface area contributed by atoms with Gasteiger partial charge in [-0.2, -0.15) is 5.10 Å². The number of benzene rings is 1. The van der Waals surface area contributed by atoms with E-state index in [1.807, 2.05) is 24.4 Å². The van der Waals surface area contributed by atoms with E-state index in [1.165, 1.54) is 6.42 Å². The van der Waals surface area contributed by atoms with Crippen molar-refractivity contribution in [3.63, 3.8) is 0 Å². The topological polar surface area (TPSA) is 166 Å². The van der Waals surface area contributed by atoms with Crippen molar-refractivity contribution in [1.82, 2.24) is 10.4 Å². The molecule has 2 rings (SSSR count). The largest absolute Gasteiger partial charge is 0.497 e. The highest BCUT2D eigenvalue weighted by molar-refractivity contribution is 7.45. The van der Waals surface area contributed by atoms with E-state index < -0.39 is 7.82 Å². The molecule has 0 fully saturated rings. The van der Waals surface area contributed by atoms with Gasteiger partial charge in [-0.1, -0.05) is 19.8 Å². The van der Waals surface area contributed by atoms with E-state index in [0.29, 0.717) is 5.96 Å². The fourth-order valence-corrected chi connectivity index (χ4v) is 2.12. The van der Waals surface area contributed by atoms with E-state index in [9.17, 15) is 0 Å². The smallest absolute Gasteiger partial charge is 0.466 e. The van der Waals surface area contributed by atoms with Crippen molar-refractivity contribution in [3.8, 4) is 5.75 Å². The first kappa shape index (κ1) is 22.7. The van der Waals surface area contributed by atoms with E-state index in [0.717, 1.165) is 41.6 Å². The second kappa shape index (κ2) is 11.3. The maximum Gasteiger partial charge on any atom is 0.466 e. The number of hydrazone groups is 1. The average molecular weight is 399 g/mol. The molecule has 0 radical (unpaired) electrons. The van der Waals surface area contributed by atoms with Gasteiger partial charge in [-0.25, -0.2) is 9.99 Å². The van der Waals surface area contributed by atoms with Gasteiger partial charge in [-0.15, -0.1) is 0 Å². The van der Waals surface area contributed by atoms with Gasteiger partial charge in [-0.3, -0.25) is 4.99 Å². The van der Waals surface area contributed by atoms with Gasteiger partial charge in [0, 0.05) is 29.2 Å². The number of phosphoric acid groups is 1. The lowest BCUT2D eigenvalue weighted by Crippen LogP contribution is -2.27. The monoisotopic (exact) mass is 399 g/mol. The number of nitrogens with one attached hydrogen (secondary N) is 2. The average Bonchev–Trinajstić information content (AvgIpc) is 2.99. The van der Waals surface area contributed by atoms with Crippen LogP contribution in [-0.2, 0) is 4.57 Å². The fourth-order valence-electron chi connectivity index (χ4n) is 2.12. The molecule has 0 bridgehead atoms. The van der Waals surface area contributed by atoms with Crippen LogP contribution < -0.4 is 15.9 Å². The number of fused-ring (bicyclic) bond motifs is 1. The zero-order chi connectivity index (χ0) is 20.3. The number of rotatable bonds is 7. The van der Waals surface area contributed by atoms with E-state index in [-0.39, 0.29) is 0 Å². The number of hydrogen-bond acceptors (Lipinski definition) is 4. The minimum absolute atomic E-state index is 0.338. The molecule has 0 atom stereocenters. The summed E-state index contributed by atoms with van der Waals surface area (Å²) in [5.74, 6) is 1.15. The fraction of sp³-hybridized carbons (Fsp3) is 0.375. The second-order valence-electron chi connectivity index (χ2n) is 5.51. The summed E-state index contributed by atoms with van der Waals surface area (Å²) in [6.07, 6.45) is 6.99. The van der Waals surface area contributed by atoms with E-state index in [2.05, 4.69) is 27.4 Å². The van der Waals surface area contributed by atoms with Gasteiger partial charge in [0.05, 0.1) is 13.3 Å². The third-order valence-electron chi connectivity index (χ3n) is 3.35. The van der Waals surface area contributed by atoms with Crippen LogP contribution in [0.4, 0.5) is 0 Å². The van der Waals surface area contributed by atoms with Gasteiger partial charge in [-0.05, 0) is 24.6 Å². The van der Waals surface area contributed by atoms with Crippen molar-refractivity contribution in [2.24, 2.45) is 15.8 Å². The number of aromatic amines is 1. The van der Waals surface area contributed by atoms with Crippen molar-refractivity contribution in [2.75, 3.05) is 13.7 Å². The Morgan fingerprint density at radius 3 is 2.70 bits per heavy atom. The predicted molar refractivity (Wildman–Crippen MR) is 106 cm³/mol. The van der Waals surface area contributed by atoms with Crippen LogP contribution in [-0.4, -0.2) is 45.5 Å². The predicted octanol–water partition coefficient (Wildman–Crippen LogP) is 1.68. The molecular weight excluding hydrogens is 373 g/mol. The van der Waals surface area contributed by atoms with Crippen LogP contribution >= 0.6 is 7.82 Å². The molecule has 27 heavy (non-hydrogen) atoms. The molecule has 0 aliphatic rings. The summed E-state index contributed by atoms with van der Waals surface area (Å²) in [6.45, 7) is 2.89. The van der Waals surface area contributed by atoms with Gasteiger partial charge < -0.3 is 30.1 Å². The Labute approximate surface area is 157 Å². The quantitative estimate of drug-likeness (QED) is 0.135. The van der Waals surface area contributed by atoms with E-state index in [4.69, 9.17) is 29.7 Å². The van der Waals surface area contributed by atoms with Crippen molar-refractivity contribution in [2.45, 2.75) is 26.2 Å². The number of aliphatic imine (C=N–C) groups is 1. The summed E-state index contributed by atoms with van der Waals surface area (Å²) in [7, 11) is -2.99. The number of hydrogen-bond donors (Lipinski definition) is 6. The summed E-state index contributed by atoms with van der Waals surface area (Å²) < 4.78 is 14.1. The second-order valence-corrected chi connectivity index (χ2v) is 6.54. The first-order valence-electron chi connectivity index (χ1n) is 8.27. The molecule has 10 nitrogen and oxygen atoms in total. The molecule has 2 aromatic rings. The highest BCUT2D eigenvalue weighted by Gasteiger charge is 2.03. The first-order valence-corrected chi connectivity index (χ1v) is 9.83. The van der Waals surface area contributed by atoms with Gasteiger partial charge in [0.25, 0.3) is 0 Å². The summed E-state index contributed by atoms with van der Waals surface area (Å²) in [4.78, 5) is 29.0. The number of nitrogens with zero attached hydrogens (tertiary/aromatic N) is 2. The highest BCUT2D eigenvalue weighted by atomic mass is 31.2. The molecule has 1 heterocycles. The van der Waals surface area contributed by atoms with E-state index in [1.54, 1.807) is 13.3 Å². The van der Waals surface area contributed by atoms with Crippen LogP contribution in [0, 0.1) is 0 Å². The van der Waals surface area contributed by atoms with Crippen LogP contribution in [0.25, 0.3) is 10.9 Å². The molecule has 0 aliphatic heterocycles. The van der Waals surface area contributed by atoms with Crippen molar-refractivity contribution >= 4 is 30.9 Å². The maximum absolute atomic E-state index is 8.88. The minimum Gasteiger partial charge on any atom is -0.497 e. The molecule has 0 unspecified atom stereocenters. The molecule has 7 N–H and O–H groups in total. The Bertz CT molecular complexity index is 806. The van der Waals surface area contributed by atoms with Crippen LogP contribution in [0.15, 0.2) is 34.5 Å². The standard InChI is InChI=1S/C16H23N5O.H3O4P/c1-3-4-5-8-18-16(17)21-20-11-12-10-19-15-7-6-13(22-2)9-14(12)15;1-5(2,3)4/h6-7,9-11,19H,3-5,8H2,1-2H3,(H3,17,18,21);(H3,1,2,3,4)/b20-11+;. The number of guanidine groups is 1. The number of aromatic nitrogens is 1. The molecule has 1 aromatic heterocycles. The zero-order valence-electron chi connectivity index (χ0n) is 15.3. The lowest BCUT2D eigenvalue weighted by atomic mass is 10.2. The molecule has 0 saturated heterocycles. The van der Waals surface area contributed by atoms with Gasteiger partial charge in [0.1, 0.15) is 5.75 Å². The zero-order valence-corrected chi connectivity index (χ0v) is 16.2. The number of H-pyrrole nitrogens is 1. The van der Waals surface area contributed by atoms with Crippen molar-refractivity contribution in [1.29, 1.82) is 0 Å². The highest BCUT2D eigenvalue weighted by Crippen LogP contribution is 2.25. The van der Waals surface area contributed by atoms with Crippen LogP contribution in [0.3, 0.4) is 0 Å². The first-order chi connectivity index (χ1) is 12.7. The van der Waals surface area contributed by atoms with Crippen LogP contribution in [0.2, 0.25) is 0 Å². The van der Waals surface area contributed by atoms with Crippen molar-refractivity contribution in [3.05, 3.63) is 30.0 Å². The Balaban J connectivity index is 0.000000646. The lowest BCUT2D eigenvalue weighted by molar-refractivity contribution is 0.275. The van der Waals surface area contributed by atoms with Gasteiger partial charge in [0.15, 0.2) is 0 Å². The number of nitrogens with two attached hydrogens (primary N) is 1. The number of unbranched alkanes of at least 4 members (excludes halogenated alkanes) is 2. The normalized spacial score (nSPS) is 12.1. The molecule has 0 aliphatic carbocycles. The Morgan fingerprint density at radius 2 is 2.07 bits per heavy atom. The molecule has 0 saturated carbocycles. The van der Waals surface area contributed by atoms with Crippen LogP contribution in [0.5, 0.6) is 5.75 Å². The van der Waals surface area contributed by atoms with Gasteiger partial charge in [0.2, 0.25) is 5.96 Å². The molecule has 1 aromatic carbocycles. The summed E-state index contributed by atoms with van der Waals surface area (Å²) in [5, 5.41) is 5.17. The third-order valence-corrected chi connectivity index (χ3v) is 3.35. The summed E-state index contributed by atoms with van der Waals surface area (Å²) >= 11 is 0. The molecule has 0 spiro atoms. The lowest BCUT2D eigenvalue weighted by Gasteiger charge is -2.00. The maximum atomic E-state index is 8.88. The SMILES string of the molecule is CCCCCN=C(N)N/N=C/c1c[nH]c2ccc(OC)cc12.O=P(O)(O)O. The van der Waals surface area contributed by atoms with Crippen LogP contribution in [0.1, 0.15) is 31.7 Å². The Morgan fingerprint density at radius 1 is 1.37 bits per heavy atom. The molecule has 11 heteroatoms. The number of methoxy groups -OCH3 is 1. The Hall–Kier alpha value is -2.39. The third kappa shape index (κ3) is 9.76.